The molecule has 0 aromatic heterocycles. The summed E-state index contributed by atoms with van der Waals surface area (Å²) in [7, 11) is 0. The summed E-state index contributed by atoms with van der Waals surface area (Å²) < 4.78 is 0. The van der Waals surface area contributed by atoms with Gasteiger partial charge >= 0.3 is 26.2 Å². The van der Waals surface area contributed by atoms with Crippen LogP contribution in [0.5, 0.6) is 0 Å². The zero-order valence-electron chi connectivity index (χ0n) is 11.4. The van der Waals surface area contributed by atoms with Crippen LogP contribution in [0.15, 0.2) is 34.4 Å². The summed E-state index contributed by atoms with van der Waals surface area (Å²) >= 11 is 0. The number of halogens is 1. The van der Waals surface area contributed by atoms with Crippen LogP contribution in [0.4, 0.5) is 0 Å². The maximum Gasteiger partial charge on any atom is 4.00 e. The van der Waals surface area contributed by atoms with Crippen molar-refractivity contribution < 1.29 is 40.0 Å². The quantitative estimate of drug-likeness (QED) is 0.591. The molecular weight excluding hydrogens is 295 g/mol. The molecule has 0 aromatic carbocycles. The van der Waals surface area contributed by atoms with Gasteiger partial charge in [0.15, 0.2) is 0 Å². The second-order valence-corrected chi connectivity index (χ2v) is 3.99. The summed E-state index contributed by atoms with van der Waals surface area (Å²) in [5.41, 5.74) is 5.30. The molecule has 0 bridgehead atoms. The number of hydrogen-bond acceptors (Lipinski definition) is 0. The smallest absolute Gasteiger partial charge is 1.00 e. The van der Waals surface area contributed by atoms with Gasteiger partial charge in [0.2, 0.25) is 0 Å². The van der Waals surface area contributed by atoms with E-state index in [1.807, 2.05) is 0 Å². The van der Waals surface area contributed by atoms with Crippen LogP contribution in [0.2, 0.25) is 0 Å². The van der Waals surface area contributed by atoms with Gasteiger partial charge in [0.1, 0.15) is 0 Å². The van der Waals surface area contributed by atoms with E-state index in [1.165, 1.54) is 22.3 Å². The second kappa shape index (κ2) is 9.19. The van der Waals surface area contributed by atoms with Crippen molar-refractivity contribution in [3.8, 4) is 0 Å². The van der Waals surface area contributed by atoms with Crippen molar-refractivity contribution >= 4 is 0 Å². The van der Waals surface area contributed by atoms with Crippen molar-refractivity contribution in [3.05, 3.63) is 46.6 Å². The van der Waals surface area contributed by atoms with Gasteiger partial charge in [0, 0.05) is 0 Å². The van der Waals surface area contributed by atoms with Gasteiger partial charge in [0.05, 0.1) is 0 Å². The Balaban J connectivity index is -0.000000196. The first-order valence-electron chi connectivity index (χ1n) is 5.10. The van der Waals surface area contributed by atoms with E-state index < -0.39 is 0 Å². The Bertz CT molecular complexity index is 304. The molecule has 0 spiro atoms. The Morgan fingerprint density at radius 1 is 0.875 bits per heavy atom. The molecule has 2 aliphatic rings. The summed E-state index contributed by atoms with van der Waals surface area (Å²) in [6.07, 6.45) is 13.0. The van der Waals surface area contributed by atoms with Gasteiger partial charge in [-0.1, -0.05) is 40.5 Å². The van der Waals surface area contributed by atoms with Crippen molar-refractivity contribution in [2.75, 3.05) is 0 Å². The van der Waals surface area contributed by atoms with Crippen LogP contribution in [0, 0.1) is 12.2 Å². The molecule has 0 aliphatic heterocycles. The predicted octanol–water partition coefficient (Wildman–Crippen LogP) is 1.29. The summed E-state index contributed by atoms with van der Waals surface area (Å²) in [6, 6.07) is 0. The van der Waals surface area contributed by atoms with Crippen LogP contribution in [0.25, 0.3) is 0 Å². The third kappa shape index (κ3) is 7.41. The molecule has 0 radical (unpaired) electrons. The first-order valence-corrected chi connectivity index (χ1v) is 5.10. The molecule has 0 aromatic rings. The SMILES string of the molecule is CC1=[C-]C(C)=CC1.CC1=[C-]C(C)=CC1.[Cl-].[H-].[Zr+4]. The summed E-state index contributed by atoms with van der Waals surface area (Å²) in [6.45, 7) is 8.37. The minimum absolute atomic E-state index is 0. The van der Waals surface area contributed by atoms with Gasteiger partial charge in [-0.2, -0.15) is 11.1 Å². The monoisotopic (exact) mass is 312 g/mol. The Morgan fingerprint density at radius 3 is 1.25 bits per heavy atom. The van der Waals surface area contributed by atoms with E-state index in [1.54, 1.807) is 0 Å². The molecule has 0 heterocycles. The van der Waals surface area contributed by atoms with Crippen molar-refractivity contribution in [2.45, 2.75) is 40.5 Å². The maximum absolute atomic E-state index is 3.19. The number of hydrogen-bond donors (Lipinski definition) is 0. The fourth-order valence-corrected chi connectivity index (χ4v) is 1.49. The van der Waals surface area contributed by atoms with E-state index in [0.717, 1.165) is 12.8 Å². The maximum atomic E-state index is 3.19. The van der Waals surface area contributed by atoms with Crippen molar-refractivity contribution in [1.82, 2.24) is 0 Å². The molecule has 0 fully saturated rings. The van der Waals surface area contributed by atoms with Crippen LogP contribution < -0.4 is 12.4 Å². The van der Waals surface area contributed by atoms with Gasteiger partial charge < -0.3 is 13.8 Å². The molecule has 2 aliphatic carbocycles. The topological polar surface area (TPSA) is 0 Å². The second-order valence-electron chi connectivity index (χ2n) is 3.99. The Morgan fingerprint density at radius 2 is 1.19 bits per heavy atom. The average molecular weight is 314 g/mol. The first-order chi connectivity index (χ1) is 6.58. The molecule has 0 amide bonds. The largest absolute Gasteiger partial charge is 4.00 e. The first kappa shape index (κ1) is 18.5. The Labute approximate surface area is 127 Å². The molecule has 2 rings (SSSR count). The predicted molar refractivity (Wildman–Crippen MR) is 62.7 cm³/mol. The van der Waals surface area contributed by atoms with Crippen LogP contribution in [-0.4, -0.2) is 0 Å². The van der Waals surface area contributed by atoms with E-state index in [-0.39, 0.29) is 40.0 Å². The number of rotatable bonds is 0. The van der Waals surface area contributed by atoms with E-state index in [0.29, 0.717) is 0 Å². The molecule has 0 saturated carbocycles. The molecule has 0 unspecified atom stereocenters. The minimum Gasteiger partial charge on any atom is -1.00 e. The van der Waals surface area contributed by atoms with E-state index in [2.05, 4.69) is 52.0 Å². The van der Waals surface area contributed by atoms with E-state index in [9.17, 15) is 0 Å². The molecule has 0 N–H and O–H groups in total. The molecular formula is C14H19ClZr. The van der Waals surface area contributed by atoms with Crippen LogP contribution in [-0.2, 0) is 26.2 Å². The van der Waals surface area contributed by atoms with Crippen LogP contribution in [0.1, 0.15) is 42.0 Å². The van der Waals surface area contributed by atoms with Gasteiger partial charge in [-0.15, -0.1) is 0 Å². The van der Waals surface area contributed by atoms with Gasteiger partial charge in [-0.05, 0) is 0 Å². The molecule has 16 heavy (non-hydrogen) atoms. The van der Waals surface area contributed by atoms with E-state index in [4.69, 9.17) is 0 Å². The third-order valence-corrected chi connectivity index (χ3v) is 2.25. The van der Waals surface area contributed by atoms with Crippen molar-refractivity contribution in [1.29, 1.82) is 0 Å². The Hall–Kier alpha value is 0.133. The fourth-order valence-electron chi connectivity index (χ4n) is 1.49. The van der Waals surface area contributed by atoms with Gasteiger partial charge in [-0.25, -0.2) is 23.3 Å². The van der Waals surface area contributed by atoms with Gasteiger partial charge in [0.25, 0.3) is 0 Å². The molecule has 2 heteroatoms. The van der Waals surface area contributed by atoms with Crippen LogP contribution >= 0.6 is 0 Å². The zero-order chi connectivity index (χ0) is 10.6. The van der Waals surface area contributed by atoms with Crippen molar-refractivity contribution in [2.24, 2.45) is 0 Å². The van der Waals surface area contributed by atoms with E-state index >= 15 is 0 Å². The zero-order valence-corrected chi connectivity index (χ0v) is 13.7. The molecule has 0 saturated heterocycles. The minimum atomic E-state index is 0. The van der Waals surface area contributed by atoms with Gasteiger partial charge in [-0.3, -0.25) is 12.2 Å². The average Bonchev–Trinajstić information content (AvgIpc) is 2.63. The summed E-state index contributed by atoms with van der Waals surface area (Å²) in [5.74, 6) is 0. The van der Waals surface area contributed by atoms with Crippen molar-refractivity contribution in [3.63, 3.8) is 0 Å². The molecule has 0 atom stereocenters. The normalized spacial score (nSPS) is 16.8. The molecule has 86 valence electrons. The fraction of sp³-hybridized carbons (Fsp3) is 0.429. The Kier molecular flexibility index (Phi) is 10.6. The molecule has 0 nitrogen and oxygen atoms in total. The third-order valence-electron chi connectivity index (χ3n) is 2.25. The standard InChI is InChI=1S/2C7H9.ClH.Zr.H/c2*1-6-3-4-7(2)5-6;;;/h2*3H,4H2,1-2H3;1H;;/q2*-1;;+4;-1/p-1. The summed E-state index contributed by atoms with van der Waals surface area (Å²) in [4.78, 5) is 0. The van der Waals surface area contributed by atoms with Crippen LogP contribution in [0.3, 0.4) is 0 Å². The number of allylic oxidation sites excluding steroid dienone is 8. The summed E-state index contributed by atoms with van der Waals surface area (Å²) in [5, 5.41) is 0.